The number of amides is 1. The fourth-order valence-electron chi connectivity index (χ4n) is 3.88. The molecule has 1 unspecified atom stereocenters. The molecule has 30 heavy (non-hydrogen) atoms. The predicted molar refractivity (Wildman–Crippen MR) is 120 cm³/mol. The molecule has 5 nitrogen and oxygen atoms in total. The second kappa shape index (κ2) is 8.54. The van der Waals surface area contributed by atoms with Crippen molar-refractivity contribution in [1.82, 2.24) is 0 Å². The van der Waals surface area contributed by atoms with Gasteiger partial charge in [-0.2, -0.15) is 4.99 Å². The second-order valence-electron chi connectivity index (χ2n) is 6.98. The molecule has 150 valence electrons. The highest BCUT2D eigenvalue weighted by Gasteiger charge is 2.33. The summed E-state index contributed by atoms with van der Waals surface area (Å²) in [6, 6.07) is 16.9. The molecule has 3 aromatic rings. The van der Waals surface area contributed by atoms with Crippen LogP contribution >= 0.6 is 11.6 Å². The third kappa shape index (κ3) is 3.61. The van der Waals surface area contributed by atoms with Crippen LogP contribution in [0.5, 0.6) is 5.75 Å². The normalized spacial score (nSPS) is 15.3. The fourth-order valence-corrected chi connectivity index (χ4v) is 4.13. The van der Waals surface area contributed by atoms with Crippen LogP contribution in [-0.4, -0.2) is 31.5 Å². The Labute approximate surface area is 179 Å². The number of rotatable bonds is 5. The Kier molecular flexibility index (Phi) is 5.66. The van der Waals surface area contributed by atoms with Crippen molar-refractivity contribution in [1.29, 1.82) is 0 Å². The number of anilines is 1. The van der Waals surface area contributed by atoms with Gasteiger partial charge in [-0.25, -0.2) is 4.79 Å². The van der Waals surface area contributed by atoms with Crippen molar-refractivity contribution in [3.05, 3.63) is 71.8 Å². The van der Waals surface area contributed by atoms with Crippen LogP contribution in [0.1, 0.15) is 17.0 Å². The number of hydrogen-bond donors (Lipinski definition) is 0. The SMILES string of the molecule is COc1ccc(C=CC(=O)N2CC(CCl)c3c2cc(N=C=O)c2ccccc32)cc1. The molecule has 0 aliphatic carbocycles. The smallest absolute Gasteiger partial charge is 0.251 e. The lowest BCUT2D eigenvalue weighted by atomic mass is 9.95. The van der Waals surface area contributed by atoms with E-state index in [-0.39, 0.29) is 11.8 Å². The van der Waals surface area contributed by atoms with Gasteiger partial charge in [0.1, 0.15) is 5.75 Å². The first-order valence-electron chi connectivity index (χ1n) is 9.49. The van der Waals surface area contributed by atoms with Crippen LogP contribution in [0.25, 0.3) is 16.8 Å². The Bertz CT molecular complexity index is 1180. The average molecular weight is 419 g/mol. The zero-order valence-electron chi connectivity index (χ0n) is 16.3. The largest absolute Gasteiger partial charge is 0.497 e. The third-order valence-corrected chi connectivity index (χ3v) is 5.67. The van der Waals surface area contributed by atoms with Gasteiger partial charge in [-0.15, -0.1) is 11.6 Å². The van der Waals surface area contributed by atoms with Gasteiger partial charge in [-0.05, 0) is 40.8 Å². The molecule has 0 saturated carbocycles. The van der Waals surface area contributed by atoms with Crippen molar-refractivity contribution in [2.45, 2.75) is 5.92 Å². The van der Waals surface area contributed by atoms with E-state index >= 15 is 0 Å². The quantitative estimate of drug-likeness (QED) is 0.248. The molecule has 4 rings (SSSR count). The van der Waals surface area contributed by atoms with Gasteiger partial charge in [0.05, 0.1) is 18.5 Å². The minimum Gasteiger partial charge on any atom is -0.497 e. The van der Waals surface area contributed by atoms with E-state index in [1.165, 1.54) is 0 Å². The number of hydrogen-bond acceptors (Lipinski definition) is 4. The molecule has 1 amide bonds. The minimum atomic E-state index is -0.156. The van der Waals surface area contributed by atoms with Crippen LogP contribution in [0.2, 0.25) is 0 Å². The van der Waals surface area contributed by atoms with Crippen molar-refractivity contribution >= 4 is 51.8 Å². The van der Waals surface area contributed by atoms with Crippen molar-refractivity contribution in [3.63, 3.8) is 0 Å². The van der Waals surface area contributed by atoms with Gasteiger partial charge in [0, 0.05) is 29.8 Å². The summed E-state index contributed by atoms with van der Waals surface area (Å²) >= 11 is 6.25. The number of carbonyl (C=O) groups is 1. The molecule has 6 heteroatoms. The van der Waals surface area contributed by atoms with E-state index in [1.54, 1.807) is 36.3 Å². The highest BCUT2D eigenvalue weighted by Crippen LogP contribution is 2.45. The second-order valence-corrected chi connectivity index (χ2v) is 7.29. The molecule has 1 atom stereocenters. The van der Waals surface area contributed by atoms with Crippen LogP contribution < -0.4 is 9.64 Å². The summed E-state index contributed by atoms with van der Waals surface area (Å²) in [7, 11) is 1.61. The zero-order valence-corrected chi connectivity index (χ0v) is 17.1. The van der Waals surface area contributed by atoms with Crippen molar-refractivity contribution in [3.8, 4) is 5.75 Å². The minimum absolute atomic E-state index is 0.000774. The van der Waals surface area contributed by atoms with Crippen molar-refractivity contribution < 1.29 is 14.3 Å². The highest BCUT2D eigenvalue weighted by molar-refractivity contribution is 6.19. The van der Waals surface area contributed by atoms with Crippen molar-refractivity contribution in [2.24, 2.45) is 4.99 Å². The lowest BCUT2D eigenvalue weighted by Gasteiger charge is -2.16. The molecular weight excluding hydrogens is 400 g/mol. The highest BCUT2D eigenvalue weighted by atomic mass is 35.5. The van der Waals surface area contributed by atoms with Crippen LogP contribution in [-0.2, 0) is 9.59 Å². The van der Waals surface area contributed by atoms with E-state index in [9.17, 15) is 9.59 Å². The standard InChI is InChI=1S/C24H19ClN2O3/c1-30-18-9-6-16(7-10-18)8-11-23(29)27-14-17(13-25)24-20-5-3-2-4-19(20)21(26-15-28)12-22(24)27/h2-12,17H,13-14H2,1H3. The summed E-state index contributed by atoms with van der Waals surface area (Å²) in [4.78, 5) is 29.5. The number of aliphatic imine (C=N–C) groups is 1. The van der Waals surface area contributed by atoms with Crippen LogP contribution in [0, 0.1) is 0 Å². The fraction of sp³-hybridized carbons (Fsp3) is 0.167. The molecule has 1 aliphatic rings. The topological polar surface area (TPSA) is 59.0 Å². The number of isocyanates is 1. The zero-order chi connectivity index (χ0) is 21.1. The number of alkyl halides is 1. The van der Waals surface area contributed by atoms with Gasteiger partial charge in [-0.1, -0.05) is 36.4 Å². The number of fused-ring (bicyclic) bond motifs is 3. The lowest BCUT2D eigenvalue weighted by molar-refractivity contribution is -0.114. The molecular formula is C24H19ClN2O3. The van der Waals surface area contributed by atoms with Gasteiger partial charge >= 0.3 is 0 Å². The number of methoxy groups -OCH3 is 1. The summed E-state index contributed by atoms with van der Waals surface area (Å²) < 4.78 is 5.16. The van der Waals surface area contributed by atoms with E-state index in [2.05, 4.69) is 4.99 Å². The Morgan fingerprint density at radius 3 is 2.63 bits per heavy atom. The van der Waals surface area contributed by atoms with Gasteiger partial charge in [0.25, 0.3) is 5.91 Å². The summed E-state index contributed by atoms with van der Waals surface area (Å²) in [5, 5.41) is 1.79. The van der Waals surface area contributed by atoms with Gasteiger partial charge in [0.15, 0.2) is 0 Å². The molecule has 0 aromatic heterocycles. The average Bonchev–Trinajstić information content (AvgIpc) is 3.17. The van der Waals surface area contributed by atoms with E-state index in [0.717, 1.165) is 33.3 Å². The maximum absolute atomic E-state index is 13.0. The summed E-state index contributed by atoms with van der Waals surface area (Å²) in [5.74, 6) is 0.987. The van der Waals surface area contributed by atoms with Gasteiger partial charge < -0.3 is 9.64 Å². The first-order valence-corrected chi connectivity index (χ1v) is 10.0. The maximum atomic E-state index is 13.0. The van der Waals surface area contributed by atoms with Crippen LogP contribution in [0.15, 0.2) is 65.7 Å². The molecule has 0 spiro atoms. The number of ether oxygens (including phenoxy) is 1. The van der Waals surface area contributed by atoms with E-state index in [1.807, 2.05) is 48.5 Å². The van der Waals surface area contributed by atoms with Crippen LogP contribution in [0.4, 0.5) is 11.4 Å². The molecule has 1 aliphatic heterocycles. The molecule has 0 bridgehead atoms. The Balaban J connectivity index is 1.74. The Morgan fingerprint density at radius 1 is 1.23 bits per heavy atom. The van der Waals surface area contributed by atoms with E-state index in [0.29, 0.717) is 18.1 Å². The summed E-state index contributed by atoms with van der Waals surface area (Å²) in [6.07, 6.45) is 4.92. The van der Waals surface area contributed by atoms with Gasteiger partial charge in [0.2, 0.25) is 6.08 Å². The first-order chi connectivity index (χ1) is 14.7. The molecule has 3 aromatic carbocycles. The Morgan fingerprint density at radius 2 is 1.97 bits per heavy atom. The molecule has 0 fully saturated rings. The maximum Gasteiger partial charge on any atom is 0.251 e. The van der Waals surface area contributed by atoms with Gasteiger partial charge in [-0.3, -0.25) is 4.79 Å². The Hall–Kier alpha value is -3.40. The summed E-state index contributed by atoms with van der Waals surface area (Å²) in [5.41, 5.74) is 3.13. The number of halogens is 1. The number of benzene rings is 3. The predicted octanol–water partition coefficient (Wildman–Crippen LogP) is 5.20. The molecule has 0 radical (unpaired) electrons. The van der Waals surface area contributed by atoms with E-state index < -0.39 is 0 Å². The van der Waals surface area contributed by atoms with Crippen molar-refractivity contribution in [2.75, 3.05) is 24.4 Å². The van der Waals surface area contributed by atoms with E-state index in [4.69, 9.17) is 16.3 Å². The third-order valence-electron chi connectivity index (χ3n) is 5.30. The lowest BCUT2D eigenvalue weighted by Crippen LogP contribution is -2.28. The number of nitrogens with zero attached hydrogens (tertiary/aromatic N) is 2. The summed E-state index contributed by atoms with van der Waals surface area (Å²) in [6.45, 7) is 0.475. The van der Waals surface area contributed by atoms with Crippen LogP contribution in [0.3, 0.4) is 0 Å². The first kappa shape index (κ1) is 19.9. The monoisotopic (exact) mass is 418 g/mol. The molecule has 0 saturated heterocycles. The number of carbonyl (C=O) groups excluding carboxylic acids is 2. The molecule has 1 heterocycles. The molecule has 0 N–H and O–H groups in total.